The van der Waals surface area contributed by atoms with E-state index in [0.29, 0.717) is 5.69 Å². The summed E-state index contributed by atoms with van der Waals surface area (Å²) in [7, 11) is -3.62. The zero-order chi connectivity index (χ0) is 17.2. The maximum atomic E-state index is 12.4. The van der Waals surface area contributed by atoms with Crippen molar-refractivity contribution in [3.05, 3.63) is 66.5 Å². The van der Waals surface area contributed by atoms with E-state index in [1.165, 1.54) is 0 Å². The fourth-order valence-electron chi connectivity index (χ4n) is 2.35. The maximum absolute atomic E-state index is 12.4. The van der Waals surface area contributed by atoms with Crippen molar-refractivity contribution in [1.29, 1.82) is 0 Å². The molecule has 3 aromatic rings. The maximum Gasteiger partial charge on any atom is 0.261 e. The molecule has 0 atom stereocenters. The summed E-state index contributed by atoms with van der Waals surface area (Å²) >= 11 is 0. The lowest BCUT2D eigenvalue weighted by molar-refractivity contribution is 0.601. The molecule has 124 valence electrons. The zero-order valence-electron chi connectivity index (χ0n) is 13.4. The van der Waals surface area contributed by atoms with Gasteiger partial charge in [0, 0.05) is 0 Å². The summed E-state index contributed by atoms with van der Waals surface area (Å²) in [5.74, 6) is 0.254. The molecule has 3 rings (SSSR count). The Morgan fingerprint density at radius 2 is 1.79 bits per heavy atom. The van der Waals surface area contributed by atoms with Crippen LogP contribution in [-0.4, -0.2) is 23.4 Å². The van der Waals surface area contributed by atoms with Crippen LogP contribution in [0.1, 0.15) is 25.5 Å². The molecule has 1 heterocycles. The van der Waals surface area contributed by atoms with Gasteiger partial charge in [-0.3, -0.25) is 4.72 Å². The average Bonchev–Trinajstić information content (AvgIpc) is 3.05. The molecule has 0 saturated heterocycles. The Hall–Kier alpha value is -2.67. The number of rotatable bonds is 5. The molecule has 2 aromatic carbocycles. The van der Waals surface area contributed by atoms with Gasteiger partial charge in [0.15, 0.2) is 0 Å². The number of sulfonamides is 1. The average molecular weight is 342 g/mol. The van der Waals surface area contributed by atoms with Gasteiger partial charge in [0.1, 0.15) is 0 Å². The van der Waals surface area contributed by atoms with E-state index in [4.69, 9.17) is 0 Å². The summed E-state index contributed by atoms with van der Waals surface area (Å²) in [5, 5.41) is 8.04. The SMILES string of the molecule is CC(C)c1cnnn1-c1cccc(NS(=O)(=O)c2ccccc2)c1. The van der Waals surface area contributed by atoms with Crippen molar-refractivity contribution in [2.45, 2.75) is 24.7 Å². The standard InChI is InChI=1S/C17H18N4O2S/c1-13(2)17-12-18-20-21(17)15-8-6-7-14(11-15)19-24(22,23)16-9-4-3-5-10-16/h3-13,19H,1-2H3. The third-order valence-electron chi connectivity index (χ3n) is 3.56. The molecule has 24 heavy (non-hydrogen) atoms. The number of aromatic nitrogens is 3. The van der Waals surface area contributed by atoms with Gasteiger partial charge in [0.05, 0.1) is 28.2 Å². The van der Waals surface area contributed by atoms with Crippen LogP contribution in [0.5, 0.6) is 0 Å². The lowest BCUT2D eigenvalue weighted by atomic mass is 10.1. The molecule has 0 fully saturated rings. The van der Waals surface area contributed by atoms with Gasteiger partial charge < -0.3 is 0 Å². The van der Waals surface area contributed by atoms with Crippen molar-refractivity contribution in [3.8, 4) is 5.69 Å². The Balaban J connectivity index is 1.93. The summed E-state index contributed by atoms with van der Waals surface area (Å²) in [4.78, 5) is 0.221. The van der Waals surface area contributed by atoms with Crippen LogP contribution in [0.25, 0.3) is 5.69 Å². The summed E-state index contributed by atoms with van der Waals surface area (Å²) in [6, 6.07) is 15.4. The van der Waals surface area contributed by atoms with Gasteiger partial charge in [-0.25, -0.2) is 13.1 Å². The Labute approximate surface area is 141 Å². The second kappa shape index (κ2) is 6.45. The smallest absolute Gasteiger partial charge is 0.261 e. The summed E-state index contributed by atoms with van der Waals surface area (Å²) in [6.45, 7) is 4.11. The summed E-state index contributed by atoms with van der Waals surface area (Å²) in [5.41, 5.74) is 2.18. The van der Waals surface area contributed by atoms with Gasteiger partial charge in [0.2, 0.25) is 0 Å². The van der Waals surface area contributed by atoms with E-state index in [9.17, 15) is 8.42 Å². The molecule has 0 aliphatic carbocycles. The predicted molar refractivity (Wildman–Crippen MR) is 92.7 cm³/mol. The monoisotopic (exact) mass is 342 g/mol. The first-order chi connectivity index (χ1) is 11.5. The van der Waals surface area contributed by atoms with Crippen LogP contribution in [0.2, 0.25) is 0 Å². The highest BCUT2D eigenvalue weighted by Crippen LogP contribution is 2.21. The van der Waals surface area contributed by atoms with Crippen molar-refractivity contribution in [2.24, 2.45) is 0 Å². The largest absolute Gasteiger partial charge is 0.280 e. The lowest BCUT2D eigenvalue weighted by Gasteiger charge is -2.12. The first-order valence-corrected chi connectivity index (χ1v) is 9.04. The Kier molecular flexibility index (Phi) is 4.35. The van der Waals surface area contributed by atoms with E-state index in [0.717, 1.165) is 11.4 Å². The van der Waals surface area contributed by atoms with E-state index < -0.39 is 10.0 Å². The van der Waals surface area contributed by atoms with E-state index >= 15 is 0 Å². The molecular weight excluding hydrogens is 324 g/mol. The topological polar surface area (TPSA) is 76.9 Å². The molecule has 1 N–H and O–H groups in total. The van der Waals surface area contributed by atoms with Crippen LogP contribution >= 0.6 is 0 Å². The number of anilines is 1. The minimum Gasteiger partial charge on any atom is -0.280 e. The van der Waals surface area contributed by atoms with E-state index in [1.54, 1.807) is 59.4 Å². The molecule has 1 aromatic heterocycles. The fraction of sp³-hybridized carbons (Fsp3) is 0.176. The highest BCUT2D eigenvalue weighted by Gasteiger charge is 2.15. The van der Waals surface area contributed by atoms with E-state index in [2.05, 4.69) is 28.9 Å². The van der Waals surface area contributed by atoms with Crippen molar-refractivity contribution in [3.63, 3.8) is 0 Å². The van der Waals surface area contributed by atoms with Crippen LogP contribution in [-0.2, 0) is 10.0 Å². The van der Waals surface area contributed by atoms with Crippen LogP contribution in [0, 0.1) is 0 Å². The zero-order valence-corrected chi connectivity index (χ0v) is 14.2. The molecule has 0 bridgehead atoms. The molecule has 6 nitrogen and oxygen atoms in total. The number of benzene rings is 2. The minimum atomic E-state index is -3.62. The first kappa shape index (κ1) is 16.2. The molecule has 0 spiro atoms. The number of nitrogens with zero attached hydrogens (tertiary/aromatic N) is 3. The fourth-order valence-corrected chi connectivity index (χ4v) is 3.42. The third kappa shape index (κ3) is 3.30. The second-order valence-corrected chi connectivity index (χ2v) is 7.38. The third-order valence-corrected chi connectivity index (χ3v) is 4.96. The molecule has 7 heteroatoms. The highest BCUT2D eigenvalue weighted by molar-refractivity contribution is 7.92. The van der Waals surface area contributed by atoms with Crippen molar-refractivity contribution >= 4 is 15.7 Å². The molecular formula is C17H18N4O2S. The summed E-state index contributed by atoms with van der Waals surface area (Å²) < 4.78 is 29.2. The first-order valence-electron chi connectivity index (χ1n) is 7.56. The van der Waals surface area contributed by atoms with Crippen LogP contribution < -0.4 is 4.72 Å². The molecule has 0 radical (unpaired) electrons. The molecule has 0 aliphatic rings. The van der Waals surface area contributed by atoms with Crippen LogP contribution in [0.3, 0.4) is 0 Å². The quantitative estimate of drug-likeness (QED) is 0.772. The van der Waals surface area contributed by atoms with Crippen LogP contribution in [0.4, 0.5) is 5.69 Å². The molecule has 0 saturated carbocycles. The van der Waals surface area contributed by atoms with Gasteiger partial charge >= 0.3 is 0 Å². The predicted octanol–water partition coefficient (Wildman–Crippen LogP) is 3.19. The minimum absolute atomic E-state index is 0.221. The Morgan fingerprint density at radius 3 is 2.50 bits per heavy atom. The summed E-state index contributed by atoms with van der Waals surface area (Å²) in [6.07, 6.45) is 1.71. The van der Waals surface area contributed by atoms with Crippen molar-refractivity contribution in [2.75, 3.05) is 4.72 Å². The van der Waals surface area contributed by atoms with Crippen molar-refractivity contribution < 1.29 is 8.42 Å². The molecule has 0 unspecified atom stereocenters. The van der Waals surface area contributed by atoms with Gasteiger partial charge in [-0.15, -0.1) is 5.10 Å². The van der Waals surface area contributed by atoms with E-state index in [-0.39, 0.29) is 10.8 Å². The number of hydrogen-bond donors (Lipinski definition) is 1. The highest BCUT2D eigenvalue weighted by atomic mass is 32.2. The Bertz CT molecular complexity index is 934. The molecule has 0 aliphatic heterocycles. The van der Waals surface area contributed by atoms with E-state index in [1.807, 2.05) is 6.07 Å². The number of nitrogens with one attached hydrogen (secondary N) is 1. The normalized spacial score (nSPS) is 11.6. The molecule has 0 amide bonds. The second-order valence-electron chi connectivity index (χ2n) is 5.69. The van der Waals surface area contributed by atoms with Gasteiger partial charge in [0.25, 0.3) is 10.0 Å². The van der Waals surface area contributed by atoms with Gasteiger partial charge in [-0.05, 0) is 36.2 Å². The van der Waals surface area contributed by atoms with Gasteiger partial charge in [-0.2, -0.15) is 0 Å². The van der Waals surface area contributed by atoms with Crippen LogP contribution in [0.15, 0.2) is 65.7 Å². The van der Waals surface area contributed by atoms with Crippen molar-refractivity contribution in [1.82, 2.24) is 15.0 Å². The lowest BCUT2D eigenvalue weighted by Crippen LogP contribution is -2.13. The van der Waals surface area contributed by atoms with Gasteiger partial charge in [-0.1, -0.05) is 43.3 Å². The number of hydrogen-bond acceptors (Lipinski definition) is 4. The Morgan fingerprint density at radius 1 is 1.04 bits per heavy atom.